The van der Waals surface area contributed by atoms with Gasteiger partial charge in [0.05, 0.1) is 0 Å². The minimum atomic E-state index is 0.423. The maximum Gasteiger partial charge on any atom is 0.0406 e. The summed E-state index contributed by atoms with van der Waals surface area (Å²) in [7, 11) is 0. The summed E-state index contributed by atoms with van der Waals surface area (Å²) < 4.78 is 0. The molecule has 0 fully saturated rings. The van der Waals surface area contributed by atoms with Crippen molar-refractivity contribution in [3.63, 3.8) is 0 Å². The molecule has 0 N–H and O–H groups in total. The zero-order valence-corrected chi connectivity index (χ0v) is 10.6. The molecular formula is C16H15Cl. The van der Waals surface area contributed by atoms with Gasteiger partial charge in [-0.05, 0) is 29.2 Å². The molecule has 0 aromatic heterocycles. The zero-order valence-electron chi connectivity index (χ0n) is 9.81. The van der Waals surface area contributed by atoms with Gasteiger partial charge in [-0.15, -0.1) is 0 Å². The molecular weight excluding hydrogens is 228 g/mol. The summed E-state index contributed by atoms with van der Waals surface area (Å²) in [6, 6.07) is 18.4. The Hall–Kier alpha value is -1.53. The van der Waals surface area contributed by atoms with Gasteiger partial charge in [-0.25, -0.2) is 0 Å². The van der Waals surface area contributed by atoms with Crippen LogP contribution >= 0.6 is 11.6 Å². The number of allylic oxidation sites excluding steroid dienone is 1. The fourth-order valence-corrected chi connectivity index (χ4v) is 1.82. The average Bonchev–Trinajstić information content (AvgIpc) is 2.39. The third-order valence-corrected chi connectivity index (χ3v) is 3.02. The van der Waals surface area contributed by atoms with Crippen LogP contribution < -0.4 is 0 Å². The first kappa shape index (κ1) is 11.9. The molecule has 0 aliphatic rings. The van der Waals surface area contributed by atoms with Crippen LogP contribution in [0.5, 0.6) is 0 Å². The molecule has 0 saturated heterocycles. The van der Waals surface area contributed by atoms with E-state index < -0.39 is 0 Å². The van der Waals surface area contributed by atoms with E-state index in [-0.39, 0.29) is 0 Å². The van der Waals surface area contributed by atoms with Gasteiger partial charge in [0.25, 0.3) is 0 Å². The molecule has 2 rings (SSSR count). The van der Waals surface area contributed by atoms with Crippen molar-refractivity contribution in [3.05, 3.63) is 76.8 Å². The summed E-state index contributed by atoms with van der Waals surface area (Å²) >= 11 is 5.85. The molecule has 2 aromatic carbocycles. The second kappa shape index (κ2) is 5.70. The van der Waals surface area contributed by atoms with Gasteiger partial charge in [0.15, 0.2) is 0 Å². The molecule has 17 heavy (non-hydrogen) atoms. The Bertz CT molecular complexity index is 483. The van der Waals surface area contributed by atoms with E-state index >= 15 is 0 Å². The van der Waals surface area contributed by atoms with Crippen LogP contribution in [0.1, 0.15) is 24.0 Å². The van der Waals surface area contributed by atoms with Crippen LogP contribution in [0.3, 0.4) is 0 Å². The van der Waals surface area contributed by atoms with Crippen molar-refractivity contribution < 1.29 is 0 Å². The maximum absolute atomic E-state index is 5.85. The summed E-state index contributed by atoms with van der Waals surface area (Å²) in [6.07, 6.45) is 4.34. The highest BCUT2D eigenvalue weighted by Crippen LogP contribution is 2.18. The molecule has 0 spiro atoms. The molecule has 0 nitrogen and oxygen atoms in total. The highest BCUT2D eigenvalue weighted by Gasteiger charge is 1.99. The van der Waals surface area contributed by atoms with Crippen LogP contribution in [0.15, 0.2) is 60.7 Å². The standard InChI is InChI=1S/C16H15Cl/c1-13(15-5-3-2-4-6-15)7-8-14-9-11-16(17)12-10-14/h2-13H,1H3/b8-7+. The fraction of sp³-hybridized carbons (Fsp3) is 0.125. The smallest absolute Gasteiger partial charge is 0.0406 e. The highest BCUT2D eigenvalue weighted by molar-refractivity contribution is 6.30. The minimum Gasteiger partial charge on any atom is -0.0843 e. The van der Waals surface area contributed by atoms with Crippen LogP contribution in [-0.2, 0) is 0 Å². The van der Waals surface area contributed by atoms with Crippen molar-refractivity contribution in [2.24, 2.45) is 0 Å². The molecule has 1 heteroatoms. The summed E-state index contributed by atoms with van der Waals surface area (Å²) in [5, 5.41) is 0.776. The largest absolute Gasteiger partial charge is 0.0843 e. The summed E-state index contributed by atoms with van der Waals surface area (Å²) in [4.78, 5) is 0. The van der Waals surface area contributed by atoms with Crippen LogP contribution in [-0.4, -0.2) is 0 Å². The molecule has 0 aliphatic carbocycles. The SMILES string of the molecule is CC(/C=C/c1ccc(Cl)cc1)c1ccccc1. The number of benzene rings is 2. The van der Waals surface area contributed by atoms with E-state index in [4.69, 9.17) is 11.6 Å². The molecule has 1 atom stereocenters. The van der Waals surface area contributed by atoms with E-state index in [1.165, 1.54) is 11.1 Å². The van der Waals surface area contributed by atoms with Crippen LogP contribution in [0, 0.1) is 0 Å². The normalized spacial score (nSPS) is 12.8. The van der Waals surface area contributed by atoms with Crippen molar-refractivity contribution in [1.29, 1.82) is 0 Å². The van der Waals surface area contributed by atoms with Gasteiger partial charge in [0, 0.05) is 5.02 Å². The first-order valence-corrected chi connectivity index (χ1v) is 6.12. The second-order valence-corrected chi connectivity index (χ2v) is 4.55. The zero-order chi connectivity index (χ0) is 12.1. The Kier molecular flexibility index (Phi) is 4.00. The molecule has 0 radical (unpaired) electrons. The van der Waals surface area contributed by atoms with E-state index in [2.05, 4.69) is 43.3 Å². The lowest BCUT2D eigenvalue weighted by molar-refractivity contribution is 0.973. The van der Waals surface area contributed by atoms with Gasteiger partial charge in [-0.1, -0.05) is 73.1 Å². The number of halogens is 1. The molecule has 1 unspecified atom stereocenters. The Morgan fingerprint density at radius 2 is 1.59 bits per heavy atom. The molecule has 0 saturated carbocycles. The van der Waals surface area contributed by atoms with Crippen molar-refractivity contribution in [3.8, 4) is 0 Å². The van der Waals surface area contributed by atoms with Crippen molar-refractivity contribution in [2.75, 3.05) is 0 Å². The van der Waals surface area contributed by atoms with E-state index in [1.807, 2.05) is 30.3 Å². The van der Waals surface area contributed by atoms with E-state index in [1.54, 1.807) is 0 Å². The van der Waals surface area contributed by atoms with Crippen LogP contribution in [0.2, 0.25) is 5.02 Å². The number of hydrogen-bond donors (Lipinski definition) is 0. The lowest BCUT2D eigenvalue weighted by atomic mass is 10.00. The van der Waals surface area contributed by atoms with Crippen LogP contribution in [0.25, 0.3) is 6.08 Å². The van der Waals surface area contributed by atoms with Crippen molar-refractivity contribution in [1.82, 2.24) is 0 Å². The average molecular weight is 243 g/mol. The molecule has 86 valence electrons. The van der Waals surface area contributed by atoms with Gasteiger partial charge in [0.2, 0.25) is 0 Å². The summed E-state index contributed by atoms with van der Waals surface area (Å²) in [5.74, 6) is 0.423. The van der Waals surface area contributed by atoms with Gasteiger partial charge in [-0.2, -0.15) is 0 Å². The van der Waals surface area contributed by atoms with Gasteiger partial charge < -0.3 is 0 Å². The monoisotopic (exact) mass is 242 g/mol. The van der Waals surface area contributed by atoms with Gasteiger partial charge >= 0.3 is 0 Å². The molecule has 0 amide bonds. The molecule has 0 heterocycles. The second-order valence-electron chi connectivity index (χ2n) is 4.11. The highest BCUT2D eigenvalue weighted by atomic mass is 35.5. The van der Waals surface area contributed by atoms with Gasteiger partial charge in [-0.3, -0.25) is 0 Å². The Labute approximate surface area is 108 Å². The Morgan fingerprint density at radius 1 is 0.941 bits per heavy atom. The van der Waals surface area contributed by atoms with E-state index in [9.17, 15) is 0 Å². The Balaban J connectivity index is 2.08. The molecule has 0 aliphatic heterocycles. The molecule has 2 aromatic rings. The van der Waals surface area contributed by atoms with Crippen molar-refractivity contribution >= 4 is 17.7 Å². The summed E-state index contributed by atoms with van der Waals surface area (Å²) in [5.41, 5.74) is 2.51. The first-order chi connectivity index (χ1) is 8.25. The Morgan fingerprint density at radius 3 is 2.24 bits per heavy atom. The fourth-order valence-electron chi connectivity index (χ4n) is 1.70. The van der Waals surface area contributed by atoms with E-state index in [0.29, 0.717) is 5.92 Å². The summed E-state index contributed by atoms with van der Waals surface area (Å²) in [6.45, 7) is 2.20. The first-order valence-electron chi connectivity index (χ1n) is 5.74. The number of hydrogen-bond acceptors (Lipinski definition) is 0. The predicted octanol–water partition coefficient (Wildman–Crippen LogP) is 5.16. The molecule has 0 bridgehead atoms. The third-order valence-electron chi connectivity index (χ3n) is 2.77. The topological polar surface area (TPSA) is 0 Å². The number of rotatable bonds is 3. The lowest BCUT2D eigenvalue weighted by Crippen LogP contribution is -1.87. The van der Waals surface area contributed by atoms with Gasteiger partial charge in [0.1, 0.15) is 0 Å². The minimum absolute atomic E-state index is 0.423. The van der Waals surface area contributed by atoms with Crippen LogP contribution in [0.4, 0.5) is 0 Å². The lowest BCUT2D eigenvalue weighted by Gasteiger charge is -2.05. The van der Waals surface area contributed by atoms with Crippen molar-refractivity contribution in [2.45, 2.75) is 12.8 Å². The van der Waals surface area contributed by atoms with E-state index in [0.717, 1.165) is 5.02 Å². The quantitative estimate of drug-likeness (QED) is 0.698. The predicted molar refractivity (Wildman–Crippen MR) is 75.3 cm³/mol. The third kappa shape index (κ3) is 3.47. The maximum atomic E-state index is 5.85.